The van der Waals surface area contributed by atoms with Gasteiger partial charge in [0.25, 0.3) is 0 Å². The van der Waals surface area contributed by atoms with Gasteiger partial charge in [-0.3, -0.25) is 9.69 Å². The number of amides is 1. The number of hydrogen-bond acceptors (Lipinski definition) is 3. The summed E-state index contributed by atoms with van der Waals surface area (Å²) < 4.78 is 1.93. The Morgan fingerprint density at radius 2 is 1.93 bits per heavy atom. The minimum atomic E-state index is -0.0169. The molecule has 0 unspecified atom stereocenters. The molecule has 0 aliphatic carbocycles. The second-order valence-electron chi connectivity index (χ2n) is 7.71. The van der Waals surface area contributed by atoms with E-state index in [9.17, 15) is 4.79 Å². The molecule has 3 aromatic rings. The highest BCUT2D eigenvalue weighted by Gasteiger charge is 2.17. The molecule has 1 amide bonds. The van der Waals surface area contributed by atoms with Crippen molar-refractivity contribution in [3.05, 3.63) is 82.6 Å². The monoisotopic (exact) mass is 420 g/mol. The maximum absolute atomic E-state index is 12.3. The molecule has 154 valence electrons. The summed E-state index contributed by atoms with van der Waals surface area (Å²) in [5.74, 6) is -0.0169. The van der Waals surface area contributed by atoms with Gasteiger partial charge in [0, 0.05) is 35.6 Å². The van der Waals surface area contributed by atoms with Crippen molar-refractivity contribution < 1.29 is 4.79 Å². The topological polar surface area (TPSA) is 50.2 Å². The number of anilines is 1. The largest absolute Gasteiger partial charge is 0.325 e. The molecule has 1 aliphatic heterocycles. The number of halogens is 1. The molecule has 2 aromatic carbocycles. The maximum atomic E-state index is 12.3. The summed E-state index contributed by atoms with van der Waals surface area (Å²) in [5, 5.41) is 8.11. The zero-order valence-corrected chi connectivity index (χ0v) is 18.0. The van der Waals surface area contributed by atoms with Crippen LogP contribution in [-0.4, -0.2) is 40.2 Å². The Morgan fingerprint density at radius 1 is 1.13 bits per heavy atom. The molecule has 4 rings (SSSR count). The fraction of sp³-hybridized carbons (Fsp3) is 0.250. The van der Waals surface area contributed by atoms with Crippen molar-refractivity contribution >= 4 is 28.8 Å². The third-order valence-corrected chi connectivity index (χ3v) is 5.75. The molecule has 2 heterocycles. The Hall–Kier alpha value is -2.89. The van der Waals surface area contributed by atoms with Crippen LogP contribution in [0.3, 0.4) is 0 Å². The lowest BCUT2D eigenvalue weighted by Crippen LogP contribution is -2.36. The molecule has 0 radical (unpaired) electrons. The van der Waals surface area contributed by atoms with E-state index >= 15 is 0 Å². The van der Waals surface area contributed by atoms with Crippen LogP contribution in [0.5, 0.6) is 0 Å². The van der Waals surface area contributed by atoms with Crippen LogP contribution in [0, 0.1) is 13.8 Å². The van der Waals surface area contributed by atoms with Crippen molar-refractivity contribution in [3.63, 3.8) is 0 Å². The molecule has 6 heteroatoms. The average molecular weight is 421 g/mol. The fourth-order valence-electron chi connectivity index (χ4n) is 3.55. The summed E-state index contributed by atoms with van der Waals surface area (Å²) in [4.78, 5) is 14.5. The Morgan fingerprint density at radius 3 is 2.63 bits per heavy atom. The summed E-state index contributed by atoms with van der Waals surface area (Å²) in [5.41, 5.74) is 6.78. The molecule has 1 N–H and O–H groups in total. The first-order valence-electron chi connectivity index (χ1n) is 10.1. The quantitative estimate of drug-likeness (QED) is 0.640. The molecule has 1 aromatic heterocycles. The molecule has 0 saturated heterocycles. The molecule has 0 atom stereocenters. The summed E-state index contributed by atoms with van der Waals surface area (Å²) in [6.45, 7) is 6.19. The number of aromatic nitrogens is 2. The lowest BCUT2D eigenvalue weighted by atomic mass is 10.0. The number of hydrogen-bond donors (Lipinski definition) is 1. The first-order chi connectivity index (χ1) is 14.5. The van der Waals surface area contributed by atoms with Crippen molar-refractivity contribution in [2.75, 3.05) is 25.0 Å². The van der Waals surface area contributed by atoms with E-state index in [1.165, 1.54) is 16.7 Å². The van der Waals surface area contributed by atoms with Crippen LogP contribution in [-0.2, 0) is 4.79 Å². The number of nitrogens with zero attached hydrogens (tertiary/aromatic N) is 3. The van der Waals surface area contributed by atoms with E-state index in [1.807, 2.05) is 23.0 Å². The van der Waals surface area contributed by atoms with Gasteiger partial charge >= 0.3 is 0 Å². The summed E-state index contributed by atoms with van der Waals surface area (Å²) in [7, 11) is 0. The molecule has 1 aliphatic rings. The highest BCUT2D eigenvalue weighted by atomic mass is 35.5. The zero-order chi connectivity index (χ0) is 21.1. The van der Waals surface area contributed by atoms with Gasteiger partial charge in [-0.2, -0.15) is 5.10 Å². The van der Waals surface area contributed by atoms with Crippen LogP contribution in [0.25, 0.3) is 11.3 Å². The number of rotatable bonds is 5. The minimum Gasteiger partial charge on any atom is -0.325 e. The number of aryl methyl sites for hydroxylation is 2. The van der Waals surface area contributed by atoms with Gasteiger partial charge in [0.1, 0.15) is 0 Å². The molecular formula is C24H25ClN4O. The molecule has 0 bridgehead atoms. The van der Waals surface area contributed by atoms with E-state index in [1.54, 1.807) is 12.1 Å². The van der Waals surface area contributed by atoms with E-state index in [0.29, 0.717) is 11.6 Å². The first kappa shape index (κ1) is 20.4. The summed E-state index contributed by atoms with van der Waals surface area (Å²) >= 11 is 5.88. The number of benzene rings is 2. The van der Waals surface area contributed by atoms with Gasteiger partial charge in [-0.1, -0.05) is 23.7 Å². The van der Waals surface area contributed by atoms with Crippen LogP contribution >= 0.6 is 11.6 Å². The van der Waals surface area contributed by atoms with Crippen LogP contribution in [0.4, 0.5) is 5.69 Å². The highest BCUT2D eigenvalue weighted by molar-refractivity contribution is 6.30. The van der Waals surface area contributed by atoms with Crippen molar-refractivity contribution in [1.82, 2.24) is 14.7 Å². The predicted octanol–water partition coefficient (Wildman–Crippen LogP) is 4.87. The predicted molar refractivity (Wildman–Crippen MR) is 122 cm³/mol. The van der Waals surface area contributed by atoms with Crippen LogP contribution in [0.15, 0.2) is 60.9 Å². The Balaban J connectivity index is 1.35. The number of nitrogens with one attached hydrogen (secondary N) is 1. The standard InChI is InChI=1S/C24H25ClN4O/c1-17-3-8-23(13-18(17)2)29-15-20(14-26-29)19-9-11-28(12-10-19)16-24(30)27-22-6-4-21(25)5-7-22/h3-9,13-15H,10-12,16H2,1-2H3,(H,27,30). The van der Waals surface area contributed by atoms with Crippen molar-refractivity contribution in [2.45, 2.75) is 20.3 Å². The van der Waals surface area contributed by atoms with Crippen molar-refractivity contribution in [3.8, 4) is 5.69 Å². The van der Waals surface area contributed by atoms with Gasteiger partial charge in [-0.05, 0) is 73.4 Å². The lowest BCUT2D eigenvalue weighted by Gasteiger charge is -2.25. The van der Waals surface area contributed by atoms with E-state index in [4.69, 9.17) is 11.6 Å². The first-order valence-corrected chi connectivity index (χ1v) is 10.5. The van der Waals surface area contributed by atoms with E-state index in [2.05, 4.69) is 59.6 Å². The summed E-state index contributed by atoms with van der Waals surface area (Å²) in [6, 6.07) is 13.5. The second kappa shape index (κ2) is 8.86. The van der Waals surface area contributed by atoms with E-state index in [-0.39, 0.29) is 5.91 Å². The molecular weight excluding hydrogens is 396 g/mol. The SMILES string of the molecule is Cc1ccc(-n2cc(C3=CCN(CC(=O)Nc4ccc(Cl)cc4)CC3)cn2)cc1C. The van der Waals surface area contributed by atoms with Gasteiger partial charge in [-0.15, -0.1) is 0 Å². The van der Waals surface area contributed by atoms with Crippen molar-refractivity contribution in [2.24, 2.45) is 0 Å². The smallest absolute Gasteiger partial charge is 0.238 e. The minimum absolute atomic E-state index is 0.0169. The Kier molecular flexibility index (Phi) is 6.02. The average Bonchev–Trinajstić information content (AvgIpc) is 3.22. The normalized spacial score (nSPS) is 14.4. The van der Waals surface area contributed by atoms with Crippen LogP contribution < -0.4 is 5.32 Å². The summed E-state index contributed by atoms with van der Waals surface area (Å²) in [6.07, 6.45) is 7.09. The molecule has 30 heavy (non-hydrogen) atoms. The Labute approximate surface area is 182 Å². The van der Waals surface area contributed by atoms with Crippen LogP contribution in [0.2, 0.25) is 5.02 Å². The molecule has 0 spiro atoms. The lowest BCUT2D eigenvalue weighted by molar-refractivity contribution is -0.117. The van der Waals surface area contributed by atoms with Gasteiger partial charge in [0.2, 0.25) is 5.91 Å². The number of carbonyl (C=O) groups is 1. The highest BCUT2D eigenvalue weighted by Crippen LogP contribution is 2.23. The molecule has 5 nitrogen and oxygen atoms in total. The fourth-order valence-corrected chi connectivity index (χ4v) is 3.68. The van der Waals surface area contributed by atoms with Crippen molar-refractivity contribution in [1.29, 1.82) is 0 Å². The van der Waals surface area contributed by atoms with Gasteiger partial charge < -0.3 is 5.32 Å². The van der Waals surface area contributed by atoms with E-state index < -0.39 is 0 Å². The second-order valence-corrected chi connectivity index (χ2v) is 8.15. The van der Waals surface area contributed by atoms with E-state index in [0.717, 1.165) is 36.4 Å². The third-order valence-electron chi connectivity index (χ3n) is 5.50. The Bertz CT molecular complexity index is 1080. The third kappa shape index (κ3) is 4.81. The number of carbonyl (C=O) groups excluding carboxylic acids is 1. The molecule has 0 fully saturated rings. The van der Waals surface area contributed by atoms with Gasteiger partial charge in [0.05, 0.1) is 18.4 Å². The molecule has 0 saturated carbocycles. The maximum Gasteiger partial charge on any atom is 0.238 e. The van der Waals surface area contributed by atoms with Crippen LogP contribution in [0.1, 0.15) is 23.1 Å². The van der Waals surface area contributed by atoms with Gasteiger partial charge in [0.15, 0.2) is 0 Å². The van der Waals surface area contributed by atoms with Gasteiger partial charge in [-0.25, -0.2) is 4.68 Å². The zero-order valence-electron chi connectivity index (χ0n) is 17.2.